The number of hydrogen-bond acceptors (Lipinski definition) is 3. The molecule has 3 nitrogen and oxygen atoms in total. The van der Waals surface area contributed by atoms with Crippen LogP contribution in [0.5, 0.6) is 0 Å². The van der Waals surface area contributed by atoms with Crippen molar-refractivity contribution in [1.29, 1.82) is 0 Å². The number of nitrogens with zero attached hydrogens (tertiary/aromatic N) is 1. The predicted molar refractivity (Wildman–Crippen MR) is 73.2 cm³/mol. The molecule has 2 heterocycles. The van der Waals surface area contributed by atoms with Crippen molar-refractivity contribution in [3.8, 4) is 0 Å². The fourth-order valence-electron chi connectivity index (χ4n) is 2.59. The summed E-state index contributed by atoms with van der Waals surface area (Å²) in [7, 11) is 0. The first-order valence-electron chi connectivity index (χ1n) is 6.32. The van der Waals surface area contributed by atoms with Crippen LogP contribution in [0.1, 0.15) is 29.6 Å². The van der Waals surface area contributed by atoms with Gasteiger partial charge in [-0.05, 0) is 30.7 Å². The minimum absolute atomic E-state index is 0.0891. The van der Waals surface area contributed by atoms with Crippen LogP contribution in [0, 0.1) is 0 Å². The average molecular weight is 261 g/mol. The minimum atomic E-state index is 0.0891. The second kappa shape index (κ2) is 4.76. The van der Waals surface area contributed by atoms with Gasteiger partial charge in [-0.3, -0.25) is 9.59 Å². The lowest BCUT2D eigenvalue weighted by molar-refractivity contribution is -0.118. The smallest absolute Gasteiger partial charge is 0.240 e. The quantitative estimate of drug-likeness (QED) is 0.779. The zero-order valence-corrected chi connectivity index (χ0v) is 10.9. The lowest BCUT2D eigenvalue weighted by Gasteiger charge is -2.30. The van der Waals surface area contributed by atoms with Gasteiger partial charge in [-0.2, -0.15) is 0 Å². The maximum Gasteiger partial charge on any atom is 0.240 e. The monoisotopic (exact) mass is 261 g/mol. The Kier molecular flexibility index (Phi) is 3.12. The van der Waals surface area contributed by atoms with Crippen LogP contribution in [0.25, 0.3) is 0 Å². The molecule has 0 N–H and O–H groups in total. The molecule has 0 aliphatic carbocycles. The van der Waals surface area contributed by atoms with E-state index in [1.165, 1.54) is 0 Å². The van der Waals surface area contributed by atoms with E-state index in [2.05, 4.69) is 0 Å². The molecule has 1 aromatic carbocycles. The number of Topliss-reactive ketones (excluding diaryl/α,β-unsaturated/α-hetero) is 1. The molecule has 0 aromatic heterocycles. The van der Waals surface area contributed by atoms with E-state index in [1.54, 1.807) is 16.7 Å². The van der Waals surface area contributed by atoms with Crippen LogP contribution in [0.2, 0.25) is 0 Å². The van der Waals surface area contributed by atoms with E-state index in [9.17, 15) is 9.59 Å². The third-order valence-electron chi connectivity index (χ3n) is 3.53. The standard InChI is InChI=1S/C14H15NO2S/c16-12-7-8-15(11-5-2-1-4-10(11)12)14(17)13-6-3-9-18-13/h1-2,4-5,13H,3,6-9H2. The topological polar surface area (TPSA) is 37.4 Å². The third-order valence-corrected chi connectivity index (χ3v) is 4.89. The summed E-state index contributed by atoms with van der Waals surface area (Å²) in [5.74, 6) is 1.40. The number of benzene rings is 1. The van der Waals surface area contributed by atoms with Crippen molar-refractivity contribution in [2.75, 3.05) is 17.2 Å². The van der Waals surface area contributed by atoms with Crippen LogP contribution in [0.15, 0.2) is 24.3 Å². The number of carbonyl (C=O) groups excluding carboxylic acids is 2. The van der Waals surface area contributed by atoms with Gasteiger partial charge < -0.3 is 4.90 Å². The first-order valence-corrected chi connectivity index (χ1v) is 7.37. The van der Waals surface area contributed by atoms with Crippen molar-refractivity contribution in [2.24, 2.45) is 0 Å². The number of anilines is 1. The van der Waals surface area contributed by atoms with E-state index in [1.807, 2.05) is 24.3 Å². The summed E-state index contributed by atoms with van der Waals surface area (Å²) >= 11 is 1.74. The van der Waals surface area contributed by atoms with Crippen LogP contribution in [0.4, 0.5) is 5.69 Å². The lowest BCUT2D eigenvalue weighted by atomic mass is 10.00. The summed E-state index contributed by atoms with van der Waals surface area (Å²) in [5, 5.41) is 0.0891. The molecule has 2 aliphatic heterocycles. The number of ketones is 1. The summed E-state index contributed by atoms with van der Waals surface area (Å²) in [4.78, 5) is 26.1. The van der Waals surface area contributed by atoms with Crippen molar-refractivity contribution < 1.29 is 9.59 Å². The lowest BCUT2D eigenvalue weighted by Crippen LogP contribution is -2.41. The summed E-state index contributed by atoms with van der Waals surface area (Å²) in [6.45, 7) is 0.533. The Balaban J connectivity index is 1.92. The zero-order valence-electron chi connectivity index (χ0n) is 10.1. The molecule has 0 radical (unpaired) electrons. The zero-order chi connectivity index (χ0) is 12.5. The van der Waals surface area contributed by atoms with E-state index in [0.29, 0.717) is 18.5 Å². The van der Waals surface area contributed by atoms with E-state index < -0.39 is 0 Å². The van der Waals surface area contributed by atoms with Gasteiger partial charge in [0.25, 0.3) is 0 Å². The van der Waals surface area contributed by atoms with E-state index in [-0.39, 0.29) is 16.9 Å². The molecule has 4 heteroatoms. The van der Waals surface area contributed by atoms with E-state index >= 15 is 0 Å². The molecule has 0 saturated carbocycles. The fourth-order valence-corrected chi connectivity index (χ4v) is 3.81. The molecule has 94 valence electrons. The van der Waals surface area contributed by atoms with E-state index in [0.717, 1.165) is 24.3 Å². The van der Waals surface area contributed by atoms with E-state index in [4.69, 9.17) is 0 Å². The van der Waals surface area contributed by atoms with Gasteiger partial charge in [-0.15, -0.1) is 11.8 Å². The number of fused-ring (bicyclic) bond motifs is 1. The minimum Gasteiger partial charge on any atom is -0.310 e. The van der Waals surface area contributed by atoms with Crippen molar-refractivity contribution >= 4 is 29.1 Å². The fraction of sp³-hybridized carbons (Fsp3) is 0.429. The molecule has 2 aliphatic rings. The van der Waals surface area contributed by atoms with Crippen molar-refractivity contribution in [2.45, 2.75) is 24.5 Å². The summed E-state index contributed by atoms with van der Waals surface area (Å²) in [6, 6.07) is 7.44. The molecule has 0 bridgehead atoms. The largest absolute Gasteiger partial charge is 0.310 e. The average Bonchev–Trinajstić information content (AvgIpc) is 2.93. The normalized spacial score (nSPS) is 23.0. The van der Waals surface area contributed by atoms with Crippen LogP contribution < -0.4 is 4.90 Å². The van der Waals surface area contributed by atoms with Crippen LogP contribution >= 0.6 is 11.8 Å². The number of thioether (sulfide) groups is 1. The maximum absolute atomic E-state index is 12.5. The van der Waals surface area contributed by atoms with Gasteiger partial charge in [0, 0.05) is 18.5 Å². The Morgan fingerprint density at radius 1 is 1.33 bits per heavy atom. The highest BCUT2D eigenvalue weighted by atomic mass is 32.2. The number of carbonyl (C=O) groups is 2. The van der Waals surface area contributed by atoms with Gasteiger partial charge in [-0.25, -0.2) is 0 Å². The first kappa shape index (κ1) is 11.8. The second-order valence-corrected chi connectivity index (χ2v) is 5.99. The Hall–Kier alpha value is -1.29. The molecule has 1 unspecified atom stereocenters. The highest BCUT2D eigenvalue weighted by molar-refractivity contribution is 8.00. The SMILES string of the molecule is O=C1CCN(C(=O)C2CCCS2)c2ccccc21. The summed E-state index contributed by atoms with van der Waals surface area (Å²) in [5.41, 5.74) is 1.49. The predicted octanol–water partition coefficient (Wildman–Crippen LogP) is 2.50. The Labute approximate surface area is 111 Å². The van der Waals surface area contributed by atoms with Crippen LogP contribution in [-0.2, 0) is 4.79 Å². The number of rotatable bonds is 1. The molecule has 0 spiro atoms. The Bertz CT molecular complexity index is 494. The van der Waals surface area contributed by atoms with Crippen molar-refractivity contribution in [3.63, 3.8) is 0 Å². The van der Waals surface area contributed by atoms with Crippen molar-refractivity contribution in [1.82, 2.24) is 0 Å². The van der Waals surface area contributed by atoms with Crippen molar-refractivity contribution in [3.05, 3.63) is 29.8 Å². The Morgan fingerprint density at radius 3 is 2.94 bits per heavy atom. The van der Waals surface area contributed by atoms with Crippen LogP contribution in [-0.4, -0.2) is 29.2 Å². The number of hydrogen-bond donors (Lipinski definition) is 0. The molecule has 1 atom stereocenters. The molecule has 1 amide bonds. The second-order valence-electron chi connectivity index (χ2n) is 4.68. The van der Waals surface area contributed by atoms with Crippen LogP contribution in [0.3, 0.4) is 0 Å². The Morgan fingerprint density at radius 2 is 2.17 bits per heavy atom. The highest BCUT2D eigenvalue weighted by Crippen LogP contribution is 2.32. The summed E-state index contributed by atoms with van der Waals surface area (Å²) in [6.07, 6.45) is 2.53. The first-order chi connectivity index (χ1) is 8.77. The molecule has 1 saturated heterocycles. The molecule has 18 heavy (non-hydrogen) atoms. The molecule has 1 fully saturated rings. The molecule has 3 rings (SSSR count). The molecule has 1 aromatic rings. The summed E-state index contributed by atoms with van der Waals surface area (Å²) < 4.78 is 0. The number of amides is 1. The third kappa shape index (κ3) is 1.94. The molecular formula is C14H15NO2S. The van der Waals surface area contributed by atoms with Gasteiger partial charge in [0.15, 0.2) is 5.78 Å². The van der Waals surface area contributed by atoms with Gasteiger partial charge in [-0.1, -0.05) is 12.1 Å². The van der Waals surface area contributed by atoms with Gasteiger partial charge in [0.05, 0.1) is 10.9 Å². The van der Waals surface area contributed by atoms with Gasteiger partial charge in [0.2, 0.25) is 5.91 Å². The number of para-hydroxylation sites is 1. The maximum atomic E-state index is 12.5. The highest BCUT2D eigenvalue weighted by Gasteiger charge is 2.32. The molecular weight excluding hydrogens is 246 g/mol. The van der Waals surface area contributed by atoms with Gasteiger partial charge >= 0.3 is 0 Å². The van der Waals surface area contributed by atoms with Gasteiger partial charge in [0.1, 0.15) is 0 Å².